The number of benzene rings is 1. The van der Waals surface area contributed by atoms with Crippen molar-refractivity contribution in [3.63, 3.8) is 0 Å². The summed E-state index contributed by atoms with van der Waals surface area (Å²) in [4.78, 5) is 17.0. The molecule has 1 saturated heterocycles. The summed E-state index contributed by atoms with van der Waals surface area (Å²) in [6.07, 6.45) is 3.25. The average molecular weight is 287 g/mol. The molecule has 0 aliphatic carbocycles. The lowest BCUT2D eigenvalue weighted by molar-refractivity contribution is -0.120. The van der Waals surface area contributed by atoms with Crippen LogP contribution in [0.4, 0.5) is 5.69 Å². The molecule has 1 fully saturated rings. The van der Waals surface area contributed by atoms with Gasteiger partial charge in [0.25, 0.3) is 0 Å². The monoisotopic (exact) mass is 287 g/mol. The average Bonchev–Trinajstić information content (AvgIpc) is 2.87. The highest BCUT2D eigenvalue weighted by Crippen LogP contribution is 2.28. The van der Waals surface area contributed by atoms with Gasteiger partial charge in [0.05, 0.1) is 6.54 Å². The maximum atomic E-state index is 12.7. The molecule has 2 aliphatic rings. The Morgan fingerprint density at radius 1 is 1.38 bits per heavy atom. The predicted octanol–water partition coefficient (Wildman–Crippen LogP) is 1.63. The largest absolute Gasteiger partial charge is 0.330 e. The minimum absolute atomic E-state index is 0.228. The topological polar surface area (TPSA) is 49.6 Å². The number of carbonyl (C=O) groups is 1. The number of para-hydroxylation sites is 1. The summed E-state index contributed by atoms with van der Waals surface area (Å²) in [5.41, 5.74) is 8.18. The number of likely N-dealkylation sites (tertiary alicyclic amines) is 1. The Bertz CT molecular complexity index is 517. The molecule has 3 rings (SSSR count). The molecular formula is C17H25N3O. The third-order valence-corrected chi connectivity index (χ3v) is 4.87. The number of hydrogen-bond acceptors (Lipinski definition) is 3. The van der Waals surface area contributed by atoms with Gasteiger partial charge in [-0.2, -0.15) is 0 Å². The van der Waals surface area contributed by atoms with Gasteiger partial charge in [-0.1, -0.05) is 18.2 Å². The second kappa shape index (κ2) is 6.16. The zero-order valence-electron chi connectivity index (χ0n) is 12.8. The summed E-state index contributed by atoms with van der Waals surface area (Å²) in [6.45, 7) is 5.25. The van der Waals surface area contributed by atoms with Crippen molar-refractivity contribution in [2.24, 2.45) is 11.7 Å². The number of hydrogen-bond donors (Lipinski definition) is 1. The molecule has 2 aliphatic heterocycles. The van der Waals surface area contributed by atoms with E-state index >= 15 is 0 Å². The Morgan fingerprint density at radius 3 is 2.95 bits per heavy atom. The molecule has 0 spiro atoms. The smallest absolute Gasteiger partial charge is 0.241 e. The van der Waals surface area contributed by atoms with Crippen molar-refractivity contribution in [3.05, 3.63) is 29.8 Å². The molecule has 2 unspecified atom stereocenters. The molecule has 0 radical (unpaired) electrons. The number of carbonyl (C=O) groups excluding carboxylic acids is 1. The summed E-state index contributed by atoms with van der Waals surface area (Å²) >= 11 is 0. The van der Waals surface area contributed by atoms with Gasteiger partial charge in [-0.3, -0.25) is 9.69 Å². The third kappa shape index (κ3) is 2.97. The molecule has 0 saturated carbocycles. The van der Waals surface area contributed by atoms with Crippen molar-refractivity contribution in [2.45, 2.75) is 32.2 Å². The SMILES string of the molecule is CC1CC(CN)CN1CC(=O)N1CCCc2ccccc21. The minimum Gasteiger partial charge on any atom is -0.330 e. The van der Waals surface area contributed by atoms with E-state index in [1.54, 1.807) is 0 Å². The minimum atomic E-state index is 0.228. The lowest BCUT2D eigenvalue weighted by Gasteiger charge is -2.31. The van der Waals surface area contributed by atoms with Crippen LogP contribution in [0.2, 0.25) is 0 Å². The molecule has 1 aromatic carbocycles. The van der Waals surface area contributed by atoms with Crippen LogP contribution in [-0.4, -0.2) is 43.0 Å². The molecule has 4 nitrogen and oxygen atoms in total. The lowest BCUT2D eigenvalue weighted by atomic mass is 10.0. The van der Waals surface area contributed by atoms with Crippen LogP contribution in [0.25, 0.3) is 0 Å². The van der Waals surface area contributed by atoms with E-state index in [1.807, 2.05) is 11.0 Å². The van der Waals surface area contributed by atoms with E-state index < -0.39 is 0 Å². The van der Waals surface area contributed by atoms with Gasteiger partial charge in [0, 0.05) is 24.8 Å². The van der Waals surface area contributed by atoms with Crippen molar-refractivity contribution in [1.29, 1.82) is 0 Å². The molecule has 1 aromatic rings. The van der Waals surface area contributed by atoms with Crippen LogP contribution in [0, 0.1) is 5.92 Å². The van der Waals surface area contributed by atoms with Crippen LogP contribution in [0.15, 0.2) is 24.3 Å². The van der Waals surface area contributed by atoms with Gasteiger partial charge in [0.15, 0.2) is 0 Å². The highest BCUT2D eigenvalue weighted by Gasteiger charge is 2.31. The summed E-state index contributed by atoms with van der Waals surface area (Å²) in [5, 5.41) is 0. The number of rotatable bonds is 3. The predicted molar refractivity (Wildman–Crippen MR) is 85.3 cm³/mol. The van der Waals surface area contributed by atoms with Gasteiger partial charge < -0.3 is 10.6 Å². The third-order valence-electron chi connectivity index (χ3n) is 4.87. The number of nitrogens with two attached hydrogens (primary N) is 1. The van der Waals surface area contributed by atoms with Gasteiger partial charge >= 0.3 is 0 Å². The normalized spacial score (nSPS) is 25.9. The van der Waals surface area contributed by atoms with Crippen LogP contribution in [-0.2, 0) is 11.2 Å². The number of amides is 1. The van der Waals surface area contributed by atoms with Gasteiger partial charge in [-0.05, 0) is 50.3 Å². The highest BCUT2D eigenvalue weighted by atomic mass is 16.2. The first-order chi connectivity index (χ1) is 10.2. The van der Waals surface area contributed by atoms with Crippen molar-refractivity contribution < 1.29 is 4.79 Å². The van der Waals surface area contributed by atoms with Gasteiger partial charge in [-0.25, -0.2) is 0 Å². The van der Waals surface area contributed by atoms with Crippen LogP contribution < -0.4 is 10.6 Å². The fourth-order valence-corrected chi connectivity index (χ4v) is 3.66. The number of fused-ring (bicyclic) bond motifs is 1. The zero-order valence-corrected chi connectivity index (χ0v) is 12.8. The summed E-state index contributed by atoms with van der Waals surface area (Å²) in [5.74, 6) is 0.771. The van der Waals surface area contributed by atoms with Crippen molar-refractivity contribution in [1.82, 2.24) is 4.90 Å². The molecule has 0 aromatic heterocycles. The summed E-state index contributed by atoms with van der Waals surface area (Å²) < 4.78 is 0. The number of nitrogens with zero attached hydrogens (tertiary/aromatic N) is 2. The van der Waals surface area contributed by atoms with Crippen LogP contribution in [0.5, 0.6) is 0 Å². The molecule has 2 heterocycles. The quantitative estimate of drug-likeness (QED) is 0.919. The zero-order chi connectivity index (χ0) is 14.8. The summed E-state index contributed by atoms with van der Waals surface area (Å²) in [7, 11) is 0. The maximum Gasteiger partial charge on any atom is 0.241 e. The maximum absolute atomic E-state index is 12.7. The first-order valence-electron chi connectivity index (χ1n) is 8.01. The van der Waals surface area contributed by atoms with Gasteiger partial charge in [-0.15, -0.1) is 0 Å². The molecule has 2 N–H and O–H groups in total. The van der Waals surface area contributed by atoms with E-state index in [-0.39, 0.29) is 5.91 Å². The molecule has 2 atom stereocenters. The molecular weight excluding hydrogens is 262 g/mol. The van der Waals surface area contributed by atoms with E-state index in [0.29, 0.717) is 18.5 Å². The Morgan fingerprint density at radius 2 is 2.19 bits per heavy atom. The first kappa shape index (κ1) is 14.5. The van der Waals surface area contributed by atoms with E-state index in [1.165, 1.54) is 5.56 Å². The second-order valence-corrected chi connectivity index (χ2v) is 6.39. The second-order valence-electron chi connectivity index (χ2n) is 6.39. The Labute approximate surface area is 126 Å². The van der Waals surface area contributed by atoms with Crippen LogP contribution in [0.1, 0.15) is 25.3 Å². The number of aryl methyl sites for hydroxylation is 1. The van der Waals surface area contributed by atoms with Crippen molar-refractivity contribution >= 4 is 11.6 Å². The first-order valence-corrected chi connectivity index (χ1v) is 8.01. The number of anilines is 1. The fourth-order valence-electron chi connectivity index (χ4n) is 3.66. The van der Waals surface area contributed by atoms with E-state index in [0.717, 1.165) is 44.6 Å². The molecule has 4 heteroatoms. The van der Waals surface area contributed by atoms with Gasteiger partial charge in [0.2, 0.25) is 5.91 Å². The Hall–Kier alpha value is -1.39. The fraction of sp³-hybridized carbons (Fsp3) is 0.588. The van der Waals surface area contributed by atoms with Crippen LogP contribution in [0.3, 0.4) is 0 Å². The van der Waals surface area contributed by atoms with Crippen molar-refractivity contribution in [2.75, 3.05) is 31.1 Å². The standard InChI is InChI=1S/C17H25N3O/c1-13-9-14(10-18)11-19(13)12-17(21)20-8-4-6-15-5-2-3-7-16(15)20/h2-3,5,7,13-14H,4,6,8-12,18H2,1H3. The highest BCUT2D eigenvalue weighted by molar-refractivity contribution is 5.96. The van der Waals surface area contributed by atoms with E-state index in [2.05, 4.69) is 30.0 Å². The Kier molecular flexibility index (Phi) is 4.27. The molecule has 21 heavy (non-hydrogen) atoms. The van der Waals surface area contributed by atoms with E-state index in [9.17, 15) is 4.79 Å². The lowest BCUT2D eigenvalue weighted by Crippen LogP contribution is -2.43. The summed E-state index contributed by atoms with van der Waals surface area (Å²) in [6, 6.07) is 8.75. The van der Waals surface area contributed by atoms with Crippen molar-refractivity contribution in [3.8, 4) is 0 Å². The molecule has 114 valence electrons. The van der Waals surface area contributed by atoms with E-state index in [4.69, 9.17) is 5.73 Å². The van der Waals surface area contributed by atoms with Gasteiger partial charge in [0.1, 0.15) is 0 Å². The Balaban J connectivity index is 1.69. The van der Waals surface area contributed by atoms with Crippen LogP contribution >= 0.6 is 0 Å². The molecule has 1 amide bonds. The molecule has 0 bridgehead atoms.